The van der Waals surface area contributed by atoms with Crippen LogP contribution in [0.25, 0.3) is 28.4 Å². The number of para-hydroxylation sites is 1. The van der Waals surface area contributed by atoms with Crippen molar-refractivity contribution in [3.05, 3.63) is 89.7 Å². The van der Waals surface area contributed by atoms with Gasteiger partial charge >= 0.3 is 0 Å². The van der Waals surface area contributed by atoms with Crippen molar-refractivity contribution >= 4 is 62.7 Å². The molecule has 4 aromatic rings. The Bertz CT molecular complexity index is 1230. The number of aromatic nitrogens is 2. The van der Waals surface area contributed by atoms with Gasteiger partial charge in [-0.2, -0.15) is 0 Å². The Kier molecular flexibility index (Phi) is 4.84. The molecule has 0 amide bonds. The van der Waals surface area contributed by atoms with Crippen LogP contribution in [0.5, 0.6) is 0 Å². The summed E-state index contributed by atoms with van der Waals surface area (Å²) >= 11 is 9.24. The molecule has 0 radical (unpaired) electrons. The minimum atomic E-state index is -0.151. The highest BCUT2D eigenvalue weighted by atomic mass is 35.5. The minimum Gasteiger partial charge on any atom is -0.313 e. The van der Waals surface area contributed by atoms with E-state index in [1.165, 1.54) is 11.3 Å². The van der Waals surface area contributed by atoms with Gasteiger partial charge in [-0.3, -0.25) is 4.79 Å². The van der Waals surface area contributed by atoms with Gasteiger partial charge in [-0.1, -0.05) is 54.1 Å². The van der Waals surface area contributed by atoms with E-state index in [0.29, 0.717) is 9.56 Å². The number of thiazole rings is 2. The number of hydrogen-bond donors (Lipinski definition) is 1. The van der Waals surface area contributed by atoms with Crippen LogP contribution in [0.3, 0.4) is 0 Å². The summed E-state index contributed by atoms with van der Waals surface area (Å²) in [7, 11) is 0. The van der Waals surface area contributed by atoms with Gasteiger partial charge in [0.1, 0.15) is 5.01 Å². The van der Waals surface area contributed by atoms with Crippen molar-refractivity contribution in [3.8, 4) is 0 Å². The Morgan fingerprint density at radius 3 is 2.62 bits per heavy atom. The summed E-state index contributed by atoms with van der Waals surface area (Å²) in [5.74, 6) is 0. The fourth-order valence-corrected chi connectivity index (χ4v) is 4.63. The minimum absolute atomic E-state index is 0.151. The summed E-state index contributed by atoms with van der Waals surface area (Å²) in [6.07, 6.45) is 5.41. The van der Waals surface area contributed by atoms with Gasteiger partial charge in [0, 0.05) is 11.1 Å². The lowest BCUT2D eigenvalue weighted by molar-refractivity contribution is 1.25. The predicted molar refractivity (Wildman–Crippen MR) is 112 cm³/mol. The van der Waals surface area contributed by atoms with E-state index in [9.17, 15) is 4.79 Å². The highest BCUT2D eigenvalue weighted by Crippen LogP contribution is 2.21. The Balaban J connectivity index is 1.71. The van der Waals surface area contributed by atoms with Crippen LogP contribution in [0.2, 0.25) is 0 Å². The first-order valence-corrected chi connectivity index (χ1v) is 9.89. The molecule has 6 heteroatoms. The number of allylic oxidation sites excluding steroid dienone is 1. The fraction of sp³-hybridized carbons (Fsp3) is 0. The maximum Gasteiger partial charge on any atom is 0.266 e. The molecule has 1 N–H and O–H groups in total. The molecular weight excluding hydrogens is 384 g/mol. The molecule has 26 heavy (non-hydrogen) atoms. The van der Waals surface area contributed by atoms with Crippen molar-refractivity contribution in [3.63, 3.8) is 0 Å². The lowest BCUT2D eigenvalue weighted by atomic mass is 10.2. The van der Waals surface area contributed by atoms with Crippen molar-refractivity contribution in [2.24, 2.45) is 0 Å². The average molecular weight is 397 g/mol. The van der Waals surface area contributed by atoms with Gasteiger partial charge in [0.25, 0.3) is 5.56 Å². The third-order valence-electron chi connectivity index (χ3n) is 3.62. The van der Waals surface area contributed by atoms with Gasteiger partial charge < -0.3 is 4.98 Å². The van der Waals surface area contributed by atoms with E-state index in [2.05, 4.69) is 9.97 Å². The smallest absolute Gasteiger partial charge is 0.266 e. The van der Waals surface area contributed by atoms with Crippen LogP contribution in [0.1, 0.15) is 10.6 Å². The maximum atomic E-state index is 12.2. The third-order valence-corrected chi connectivity index (χ3v) is 5.78. The summed E-state index contributed by atoms with van der Waals surface area (Å²) in [5, 5.41) is 1.37. The molecule has 0 unspecified atom stereocenters. The molecule has 128 valence electrons. The quantitative estimate of drug-likeness (QED) is 0.570. The first kappa shape index (κ1) is 17.0. The highest BCUT2D eigenvalue weighted by molar-refractivity contribution is 7.19. The number of halogens is 1. The normalized spacial score (nSPS) is 13.7. The Hall–Kier alpha value is -2.47. The Morgan fingerprint density at radius 2 is 1.81 bits per heavy atom. The van der Waals surface area contributed by atoms with Gasteiger partial charge in [0.2, 0.25) is 0 Å². The number of nitrogens with one attached hydrogen (secondary N) is 1. The van der Waals surface area contributed by atoms with Crippen LogP contribution in [-0.4, -0.2) is 9.97 Å². The van der Waals surface area contributed by atoms with Crippen molar-refractivity contribution in [1.82, 2.24) is 9.97 Å². The Morgan fingerprint density at radius 1 is 1.04 bits per heavy atom. The van der Waals surface area contributed by atoms with Crippen LogP contribution in [0.15, 0.2) is 64.4 Å². The van der Waals surface area contributed by atoms with Crippen molar-refractivity contribution < 1.29 is 0 Å². The number of nitrogens with zero attached hydrogens (tertiary/aromatic N) is 1. The summed E-state index contributed by atoms with van der Waals surface area (Å²) in [6.45, 7) is 0. The van der Waals surface area contributed by atoms with Gasteiger partial charge in [0.05, 0.1) is 19.4 Å². The highest BCUT2D eigenvalue weighted by Gasteiger charge is 2.01. The van der Waals surface area contributed by atoms with Crippen molar-refractivity contribution in [2.45, 2.75) is 0 Å². The summed E-state index contributed by atoms with van der Waals surface area (Å²) in [4.78, 5) is 19.6. The molecule has 3 nitrogen and oxygen atoms in total. The van der Waals surface area contributed by atoms with Crippen molar-refractivity contribution in [1.29, 1.82) is 0 Å². The molecule has 0 saturated carbocycles. The molecule has 0 aliphatic carbocycles. The molecule has 0 saturated heterocycles. The molecule has 2 aromatic heterocycles. The molecule has 0 aliphatic rings. The number of benzene rings is 2. The zero-order valence-electron chi connectivity index (χ0n) is 13.5. The van der Waals surface area contributed by atoms with Crippen LogP contribution < -0.4 is 14.8 Å². The van der Waals surface area contributed by atoms with Crippen molar-refractivity contribution in [2.75, 3.05) is 0 Å². The number of fused-ring (bicyclic) bond motifs is 1. The van der Waals surface area contributed by atoms with E-state index in [1.54, 1.807) is 17.4 Å². The second-order valence-corrected chi connectivity index (χ2v) is 8.12. The molecule has 0 spiro atoms. The standard InChI is InChI=1S/C20H13ClN2OS2/c21-14(10-13-6-2-1-3-7-13)11-17-20(24)23-19(26-17)12-18-22-15-8-4-5-9-16(15)25-18/h1-12H,(H,23,24)/b14-10-,17-11-,19-12+. The number of rotatable bonds is 3. The SMILES string of the molecule is O=c1[nH]/c(=C\c2nc3ccccc3s2)s/c1=C\C(Cl)=C\c1ccccc1. The summed E-state index contributed by atoms with van der Waals surface area (Å²) < 4.78 is 2.44. The van der Waals surface area contributed by atoms with Crippen LogP contribution in [-0.2, 0) is 0 Å². The predicted octanol–water partition coefficient (Wildman–Crippen LogP) is 3.94. The number of aromatic amines is 1. The average Bonchev–Trinajstić information content (AvgIpc) is 3.18. The Labute approximate surface area is 162 Å². The van der Waals surface area contributed by atoms with Crippen LogP contribution >= 0.6 is 34.3 Å². The molecule has 4 rings (SSSR count). The van der Waals surface area contributed by atoms with Gasteiger partial charge in [-0.15, -0.1) is 22.7 Å². The molecule has 2 heterocycles. The zero-order chi connectivity index (χ0) is 17.9. The largest absolute Gasteiger partial charge is 0.313 e. The van der Waals surface area contributed by atoms with Gasteiger partial charge in [-0.05, 0) is 29.8 Å². The number of hydrogen-bond acceptors (Lipinski definition) is 4. The molecule has 2 aromatic carbocycles. The summed E-state index contributed by atoms with van der Waals surface area (Å²) in [5.41, 5.74) is 1.80. The lowest BCUT2D eigenvalue weighted by Gasteiger charge is -1.91. The molecule has 0 fully saturated rings. The van der Waals surface area contributed by atoms with Gasteiger partial charge in [0.15, 0.2) is 0 Å². The van der Waals surface area contributed by atoms with Gasteiger partial charge in [-0.25, -0.2) is 4.98 Å². The first-order valence-electron chi connectivity index (χ1n) is 7.88. The topological polar surface area (TPSA) is 45.8 Å². The summed E-state index contributed by atoms with van der Waals surface area (Å²) in [6, 6.07) is 17.7. The molecule has 0 aliphatic heterocycles. The second-order valence-electron chi connectivity index (χ2n) is 5.53. The second kappa shape index (κ2) is 7.41. The van der Waals surface area contributed by atoms with E-state index in [-0.39, 0.29) is 5.56 Å². The zero-order valence-corrected chi connectivity index (χ0v) is 15.9. The third kappa shape index (κ3) is 3.85. The molecule has 0 atom stereocenters. The van der Waals surface area contributed by atoms with E-state index in [0.717, 1.165) is 25.5 Å². The molecule has 0 bridgehead atoms. The van der Waals surface area contributed by atoms with E-state index < -0.39 is 0 Å². The van der Waals surface area contributed by atoms with E-state index in [1.807, 2.05) is 66.7 Å². The number of H-pyrrole nitrogens is 1. The monoisotopic (exact) mass is 396 g/mol. The maximum absolute atomic E-state index is 12.2. The first-order chi connectivity index (χ1) is 12.7. The lowest BCUT2D eigenvalue weighted by Crippen LogP contribution is -2.19. The van der Waals surface area contributed by atoms with E-state index in [4.69, 9.17) is 11.6 Å². The van der Waals surface area contributed by atoms with E-state index >= 15 is 0 Å². The fourth-order valence-electron chi connectivity index (χ4n) is 2.46. The van der Waals surface area contributed by atoms with Crippen LogP contribution in [0, 0.1) is 0 Å². The van der Waals surface area contributed by atoms with Crippen LogP contribution in [0.4, 0.5) is 0 Å². The molecular formula is C20H13ClN2OS2.